The van der Waals surface area contributed by atoms with Gasteiger partial charge in [-0.25, -0.2) is 9.38 Å². The molecule has 0 radical (unpaired) electrons. The van der Waals surface area contributed by atoms with Crippen molar-refractivity contribution in [1.29, 1.82) is 0 Å². The number of aryl methyl sites for hydroxylation is 1. The zero-order valence-corrected chi connectivity index (χ0v) is 18.9. The third-order valence-electron chi connectivity index (χ3n) is 4.65. The van der Waals surface area contributed by atoms with E-state index in [1.807, 2.05) is 33.0 Å². The fraction of sp³-hybridized carbons (Fsp3) is 0.500. The van der Waals surface area contributed by atoms with Crippen molar-refractivity contribution in [2.75, 3.05) is 13.2 Å². The maximum absolute atomic E-state index is 14.3. The Kier molecular flexibility index (Phi) is 8.53. The Morgan fingerprint density at radius 2 is 2.18 bits per heavy atom. The molecule has 1 aliphatic carbocycles. The van der Waals surface area contributed by atoms with Gasteiger partial charge in [0.1, 0.15) is 0 Å². The van der Waals surface area contributed by atoms with E-state index in [0.29, 0.717) is 30.8 Å². The topological polar surface area (TPSA) is 63.5 Å². The predicted octanol–water partition coefficient (Wildman–Crippen LogP) is 3.78. The summed E-state index contributed by atoms with van der Waals surface area (Å²) in [6, 6.07) is 6.98. The molecule has 0 aliphatic heterocycles. The zero-order chi connectivity index (χ0) is 19.2. The summed E-state index contributed by atoms with van der Waals surface area (Å²) in [5.74, 6) is 1.29. The summed E-state index contributed by atoms with van der Waals surface area (Å²) in [7, 11) is 1.89. The van der Waals surface area contributed by atoms with Crippen LogP contribution in [0.2, 0.25) is 0 Å². The third kappa shape index (κ3) is 6.35. The Bertz CT molecular complexity index is 791. The Morgan fingerprint density at radius 1 is 1.39 bits per heavy atom. The molecule has 3 rings (SSSR count). The number of benzene rings is 1. The molecule has 1 fully saturated rings. The Labute approximate surface area is 183 Å². The minimum atomic E-state index is -0.321. The van der Waals surface area contributed by atoms with E-state index in [4.69, 9.17) is 4.74 Å². The van der Waals surface area contributed by atoms with Crippen LogP contribution in [0.4, 0.5) is 4.39 Å². The maximum atomic E-state index is 14.3. The van der Waals surface area contributed by atoms with Gasteiger partial charge in [-0.15, -0.1) is 24.0 Å². The number of rotatable bonds is 8. The molecule has 0 saturated heterocycles. The molecule has 1 atom stereocenters. The average molecular weight is 501 g/mol. The second kappa shape index (κ2) is 10.6. The summed E-state index contributed by atoms with van der Waals surface area (Å²) < 4.78 is 21.7. The van der Waals surface area contributed by atoms with Crippen molar-refractivity contribution in [1.82, 2.24) is 20.4 Å². The highest BCUT2D eigenvalue weighted by molar-refractivity contribution is 14.0. The van der Waals surface area contributed by atoms with Crippen LogP contribution in [0.15, 0.2) is 35.5 Å². The van der Waals surface area contributed by atoms with Crippen molar-refractivity contribution in [3.8, 4) is 5.75 Å². The van der Waals surface area contributed by atoms with Gasteiger partial charge in [0, 0.05) is 19.8 Å². The largest absolute Gasteiger partial charge is 0.490 e. The van der Waals surface area contributed by atoms with Crippen LogP contribution in [0.3, 0.4) is 0 Å². The molecule has 1 unspecified atom stereocenters. The number of halogens is 2. The molecule has 154 valence electrons. The molecule has 1 heterocycles. The summed E-state index contributed by atoms with van der Waals surface area (Å²) in [6.45, 7) is 5.86. The lowest BCUT2D eigenvalue weighted by Crippen LogP contribution is -2.38. The molecular formula is C20H29FIN5O. The third-order valence-corrected chi connectivity index (χ3v) is 4.65. The van der Waals surface area contributed by atoms with E-state index >= 15 is 0 Å². The summed E-state index contributed by atoms with van der Waals surface area (Å²) in [4.78, 5) is 4.59. The number of hydrogen-bond donors (Lipinski definition) is 2. The molecule has 28 heavy (non-hydrogen) atoms. The van der Waals surface area contributed by atoms with Gasteiger partial charge < -0.3 is 15.4 Å². The standard InChI is InChI=1S/C20H28FN5O.HI/c1-4-22-20(23-12-17-9-10-24-26(17)3)25-14(2)16-7-8-19(18(21)11-16)27-13-15-5-6-15;/h7-11,14-15H,4-6,12-13H2,1-3H3,(H2,22,23,25);1H. The minimum absolute atomic E-state index is 0. The van der Waals surface area contributed by atoms with E-state index in [2.05, 4.69) is 20.7 Å². The first-order valence-electron chi connectivity index (χ1n) is 9.50. The van der Waals surface area contributed by atoms with Crippen LogP contribution in [0, 0.1) is 11.7 Å². The molecule has 2 N–H and O–H groups in total. The molecule has 2 aromatic rings. The second-order valence-corrected chi connectivity index (χ2v) is 6.95. The smallest absolute Gasteiger partial charge is 0.192 e. The van der Waals surface area contributed by atoms with Crippen LogP contribution in [-0.2, 0) is 13.6 Å². The van der Waals surface area contributed by atoms with Gasteiger partial charge in [0.15, 0.2) is 17.5 Å². The van der Waals surface area contributed by atoms with Crippen molar-refractivity contribution >= 4 is 29.9 Å². The first-order valence-corrected chi connectivity index (χ1v) is 9.50. The van der Waals surface area contributed by atoms with Crippen LogP contribution < -0.4 is 15.4 Å². The molecule has 1 aromatic heterocycles. The molecule has 0 bridgehead atoms. The van der Waals surface area contributed by atoms with E-state index in [-0.39, 0.29) is 35.8 Å². The lowest BCUT2D eigenvalue weighted by Gasteiger charge is -2.19. The lowest BCUT2D eigenvalue weighted by molar-refractivity contribution is 0.285. The van der Waals surface area contributed by atoms with Crippen molar-refractivity contribution < 1.29 is 9.13 Å². The average Bonchev–Trinajstić information content (AvgIpc) is 3.39. The predicted molar refractivity (Wildman–Crippen MR) is 120 cm³/mol. The first-order chi connectivity index (χ1) is 13.1. The van der Waals surface area contributed by atoms with E-state index in [1.54, 1.807) is 16.9 Å². The summed E-state index contributed by atoms with van der Waals surface area (Å²) >= 11 is 0. The van der Waals surface area contributed by atoms with Crippen molar-refractivity contribution in [3.63, 3.8) is 0 Å². The van der Waals surface area contributed by atoms with Gasteiger partial charge in [-0.05, 0) is 56.4 Å². The number of nitrogens with one attached hydrogen (secondary N) is 2. The molecule has 6 nitrogen and oxygen atoms in total. The molecule has 0 amide bonds. The molecule has 1 saturated carbocycles. The number of aromatic nitrogens is 2. The van der Waals surface area contributed by atoms with E-state index in [1.165, 1.54) is 18.9 Å². The van der Waals surface area contributed by atoms with E-state index in [9.17, 15) is 4.39 Å². The van der Waals surface area contributed by atoms with Gasteiger partial charge in [-0.3, -0.25) is 4.68 Å². The van der Waals surface area contributed by atoms with Crippen molar-refractivity contribution in [2.45, 2.75) is 39.3 Å². The zero-order valence-electron chi connectivity index (χ0n) is 16.6. The van der Waals surface area contributed by atoms with Gasteiger partial charge >= 0.3 is 0 Å². The summed E-state index contributed by atoms with van der Waals surface area (Å²) in [5.41, 5.74) is 1.86. The molecule has 1 aromatic carbocycles. The van der Waals surface area contributed by atoms with Crippen LogP contribution >= 0.6 is 24.0 Å². The fourth-order valence-electron chi connectivity index (χ4n) is 2.72. The van der Waals surface area contributed by atoms with Crippen LogP contribution in [0.5, 0.6) is 5.75 Å². The number of ether oxygens (including phenoxy) is 1. The number of guanidine groups is 1. The maximum Gasteiger partial charge on any atom is 0.192 e. The Hall–Kier alpha value is -1.84. The lowest BCUT2D eigenvalue weighted by atomic mass is 10.1. The molecule has 0 spiro atoms. The second-order valence-electron chi connectivity index (χ2n) is 6.95. The molecular weight excluding hydrogens is 472 g/mol. The summed E-state index contributed by atoms with van der Waals surface area (Å²) in [5, 5.41) is 10.7. The van der Waals surface area contributed by atoms with Crippen LogP contribution in [0.25, 0.3) is 0 Å². The van der Waals surface area contributed by atoms with Gasteiger partial charge in [-0.2, -0.15) is 5.10 Å². The van der Waals surface area contributed by atoms with Crippen molar-refractivity contribution in [2.24, 2.45) is 18.0 Å². The van der Waals surface area contributed by atoms with E-state index < -0.39 is 0 Å². The Morgan fingerprint density at radius 3 is 2.79 bits per heavy atom. The van der Waals surface area contributed by atoms with Gasteiger partial charge in [0.2, 0.25) is 0 Å². The summed E-state index contributed by atoms with van der Waals surface area (Å²) in [6.07, 6.45) is 4.13. The van der Waals surface area contributed by atoms with Crippen LogP contribution in [-0.4, -0.2) is 28.9 Å². The SMILES string of the molecule is CCNC(=NCc1ccnn1C)NC(C)c1ccc(OCC2CC2)c(F)c1.I. The first kappa shape index (κ1) is 22.4. The number of aliphatic imine (C=N–C) groups is 1. The quantitative estimate of drug-likeness (QED) is 0.329. The number of nitrogens with zero attached hydrogens (tertiary/aromatic N) is 3. The molecule has 1 aliphatic rings. The van der Waals surface area contributed by atoms with Gasteiger partial charge in [0.25, 0.3) is 0 Å². The highest BCUT2D eigenvalue weighted by atomic mass is 127. The van der Waals surface area contributed by atoms with Gasteiger partial charge in [0.05, 0.1) is 24.9 Å². The van der Waals surface area contributed by atoms with Gasteiger partial charge in [-0.1, -0.05) is 6.07 Å². The van der Waals surface area contributed by atoms with Crippen LogP contribution in [0.1, 0.15) is 44.0 Å². The van der Waals surface area contributed by atoms with Crippen molar-refractivity contribution in [3.05, 3.63) is 47.5 Å². The molecule has 8 heteroatoms. The highest BCUT2D eigenvalue weighted by Crippen LogP contribution is 2.30. The van der Waals surface area contributed by atoms with E-state index in [0.717, 1.165) is 17.8 Å². The number of hydrogen-bond acceptors (Lipinski definition) is 3. The monoisotopic (exact) mass is 501 g/mol. The minimum Gasteiger partial charge on any atom is -0.490 e. The normalized spacial score (nSPS) is 14.9. The fourth-order valence-corrected chi connectivity index (χ4v) is 2.72. The Balaban J connectivity index is 0.00000280. The highest BCUT2D eigenvalue weighted by Gasteiger charge is 2.22.